The Balaban J connectivity index is 1.70. The van der Waals surface area contributed by atoms with E-state index in [-0.39, 0.29) is 5.91 Å². The van der Waals surface area contributed by atoms with E-state index in [0.29, 0.717) is 17.9 Å². The molecular formula is C11H15N5O. The monoisotopic (exact) mass is 233 g/mol. The molecule has 0 spiro atoms. The quantitative estimate of drug-likeness (QED) is 0.661. The number of anilines is 1. The van der Waals surface area contributed by atoms with Gasteiger partial charge in [-0.25, -0.2) is 0 Å². The second-order valence-electron chi connectivity index (χ2n) is 3.73. The molecule has 0 aliphatic carbocycles. The first-order valence-electron chi connectivity index (χ1n) is 5.45. The Kier molecular flexibility index (Phi) is 3.44. The van der Waals surface area contributed by atoms with E-state index in [1.165, 1.54) is 0 Å². The second kappa shape index (κ2) is 5.20. The van der Waals surface area contributed by atoms with Gasteiger partial charge in [-0.2, -0.15) is 5.10 Å². The van der Waals surface area contributed by atoms with E-state index in [9.17, 15) is 4.79 Å². The zero-order chi connectivity index (χ0) is 12.1. The number of hydrogen-bond donors (Lipinski definition) is 3. The minimum atomic E-state index is -0.137. The maximum atomic E-state index is 11.6. The zero-order valence-corrected chi connectivity index (χ0v) is 9.39. The molecular weight excluding hydrogens is 218 g/mol. The Bertz CT molecular complexity index is 474. The highest BCUT2D eigenvalue weighted by atomic mass is 16.1. The van der Waals surface area contributed by atoms with Crippen molar-refractivity contribution in [3.63, 3.8) is 0 Å². The van der Waals surface area contributed by atoms with Gasteiger partial charge in [-0.05, 0) is 18.6 Å². The first-order valence-corrected chi connectivity index (χ1v) is 5.45. The topological polar surface area (TPSA) is 88.7 Å². The van der Waals surface area contributed by atoms with Crippen LogP contribution in [0.25, 0.3) is 0 Å². The van der Waals surface area contributed by atoms with Crippen molar-refractivity contribution in [2.75, 3.05) is 12.3 Å². The Hall–Kier alpha value is -2.24. The molecule has 6 heteroatoms. The summed E-state index contributed by atoms with van der Waals surface area (Å²) in [6, 6.07) is 3.49. The zero-order valence-electron chi connectivity index (χ0n) is 9.39. The molecule has 4 N–H and O–H groups in total. The summed E-state index contributed by atoms with van der Waals surface area (Å²) in [4.78, 5) is 14.4. The lowest BCUT2D eigenvalue weighted by Gasteiger charge is -2.03. The van der Waals surface area contributed by atoms with Crippen LogP contribution in [0.5, 0.6) is 0 Å². The Morgan fingerprint density at radius 2 is 2.47 bits per heavy atom. The van der Waals surface area contributed by atoms with Crippen molar-refractivity contribution in [3.05, 3.63) is 36.4 Å². The number of nitrogens with two attached hydrogens (primary N) is 1. The van der Waals surface area contributed by atoms with E-state index in [4.69, 9.17) is 5.73 Å². The Morgan fingerprint density at radius 1 is 1.59 bits per heavy atom. The van der Waals surface area contributed by atoms with E-state index < -0.39 is 0 Å². The highest BCUT2D eigenvalue weighted by Crippen LogP contribution is 2.03. The van der Waals surface area contributed by atoms with Gasteiger partial charge in [0.15, 0.2) is 0 Å². The van der Waals surface area contributed by atoms with Crippen LogP contribution in [0.3, 0.4) is 0 Å². The van der Waals surface area contributed by atoms with Gasteiger partial charge < -0.3 is 16.0 Å². The third-order valence-corrected chi connectivity index (χ3v) is 2.36. The molecule has 17 heavy (non-hydrogen) atoms. The summed E-state index contributed by atoms with van der Waals surface area (Å²) < 4.78 is 1.83. The average molecular weight is 233 g/mol. The Morgan fingerprint density at radius 3 is 3.12 bits per heavy atom. The molecule has 0 atom stereocenters. The van der Waals surface area contributed by atoms with Gasteiger partial charge in [0.05, 0.1) is 0 Å². The number of H-pyrrole nitrogens is 1. The van der Waals surface area contributed by atoms with Crippen molar-refractivity contribution in [1.29, 1.82) is 0 Å². The van der Waals surface area contributed by atoms with Gasteiger partial charge in [0, 0.05) is 37.4 Å². The lowest BCUT2D eigenvalue weighted by Crippen LogP contribution is -2.25. The molecule has 2 aromatic heterocycles. The van der Waals surface area contributed by atoms with Gasteiger partial charge in [0.25, 0.3) is 5.91 Å². The van der Waals surface area contributed by atoms with Crippen molar-refractivity contribution in [2.24, 2.45) is 0 Å². The summed E-state index contributed by atoms with van der Waals surface area (Å²) in [6.07, 6.45) is 6.07. The molecule has 2 heterocycles. The summed E-state index contributed by atoms with van der Waals surface area (Å²) in [5.74, 6) is -0.137. The van der Waals surface area contributed by atoms with Crippen LogP contribution >= 0.6 is 0 Å². The highest BCUT2D eigenvalue weighted by molar-refractivity contribution is 5.93. The molecule has 0 saturated heterocycles. The average Bonchev–Trinajstić information content (AvgIpc) is 2.95. The fraction of sp³-hybridized carbons (Fsp3) is 0.273. The van der Waals surface area contributed by atoms with Crippen LogP contribution in [0.1, 0.15) is 16.9 Å². The number of carbonyl (C=O) groups excluding carboxylic acids is 1. The van der Waals surface area contributed by atoms with Crippen LogP contribution in [0.15, 0.2) is 30.7 Å². The fourth-order valence-corrected chi connectivity index (χ4v) is 1.51. The molecule has 2 aromatic rings. The van der Waals surface area contributed by atoms with Crippen LogP contribution in [0.4, 0.5) is 5.69 Å². The number of amides is 1. The third-order valence-electron chi connectivity index (χ3n) is 2.36. The van der Waals surface area contributed by atoms with E-state index in [1.807, 2.05) is 16.9 Å². The molecule has 0 aliphatic heterocycles. The lowest BCUT2D eigenvalue weighted by molar-refractivity contribution is 0.0948. The molecule has 0 aromatic carbocycles. The predicted molar refractivity (Wildman–Crippen MR) is 64.4 cm³/mol. The normalized spacial score (nSPS) is 10.4. The largest absolute Gasteiger partial charge is 0.397 e. The second-order valence-corrected chi connectivity index (χ2v) is 3.73. The van der Waals surface area contributed by atoms with E-state index >= 15 is 0 Å². The molecule has 1 amide bonds. The first kappa shape index (κ1) is 11.3. The maximum Gasteiger partial charge on any atom is 0.267 e. The van der Waals surface area contributed by atoms with Crippen molar-refractivity contribution in [2.45, 2.75) is 13.0 Å². The van der Waals surface area contributed by atoms with Crippen LogP contribution < -0.4 is 11.1 Å². The first-order chi connectivity index (χ1) is 8.25. The summed E-state index contributed by atoms with van der Waals surface area (Å²) >= 11 is 0. The minimum Gasteiger partial charge on any atom is -0.397 e. The predicted octanol–water partition coefficient (Wildman–Crippen LogP) is 0.613. The van der Waals surface area contributed by atoms with E-state index in [2.05, 4.69) is 15.4 Å². The molecule has 90 valence electrons. The van der Waals surface area contributed by atoms with Gasteiger partial charge in [-0.3, -0.25) is 9.48 Å². The van der Waals surface area contributed by atoms with Crippen LogP contribution in [0, 0.1) is 0 Å². The standard InChI is InChI=1S/C11H15N5O/c12-9-7-10(14-8-9)11(17)13-3-1-5-16-6-2-4-15-16/h2,4,6-8,14H,1,3,5,12H2,(H,13,17). The van der Waals surface area contributed by atoms with Gasteiger partial charge in [-0.15, -0.1) is 0 Å². The van der Waals surface area contributed by atoms with Crippen molar-refractivity contribution in [3.8, 4) is 0 Å². The van der Waals surface area contributed by atoms with Gasteiger partial charge >= 0.3 is 0 Å². The summed E-state index contributed by atoms with van der Waals surface area (Å²) in [5.41, 5.74) is 6.56. The van der Waals surface area contributed by atoms with E-state index in [0.717, 1.165) is 13.0 Å². The molecule has 0 radical (unpaired) electrons. The molecule has 0 bridgehead atoms. The number of aromatic nitrogens is 3. The number of rotatable bonds is 5. The molecule has 0 aliphatic rings. The SMILES string of the molecule is Nc1c[nH]c(C(=O)NCCCn2cccn2)c1. The van der Waals surface area contributed by atoms with Gasteiger partial charge in [0.1, 0.15) is 5.69 Å². The third kappa shape index (κ3) is 3.10. The molecule has 0 saturated carbocycles. The molecule has 0 unspecified atom stereocenters. The lowest BCUT2D eigenvalue weighted by atomic mass is 10.3. The molecule has 2 rings (SSSR count). The maximum absolute atomic E-state index is 11.6. The number of carbonyl (C=O) groups is 1. The van der Waals surface area contributed by atoms with Gasteiger partial charge in [0.2, 0.25) is 0 Å². The van der Waals surface area contributed by atoms with Crippen LogP contribution in [-0.4, -0.2) is 27.2 Å². The minimum absolute atomic E-state index is 0.137. The number of nitrogens with one attached hydrogen (secondary N) is 2. The number of hydrogen-bond acceptors (Lipinski definition) is 3. The van der Waals surface area contributed by atoms with Crippen molar-refractivity contribution in [1.82, 2.24) is 20.1 Å². The van der Waals surface area contributed by atoms with Crippen LogP contribution in [0.2, 0.25) is 0 Å². The van der Waals surface area contributed by atoms with Gasteiger partial charge in [-0.1, -0.05) is 0 Å². The smallest absolute Gasteiger partial charge is 0.267 e. The van der Waals surface area contributed by atoms with E-state index in [1.54, 1.807) is 18.5 Å². The number of nitrogens with zero attached hydrogens (tertiary/aromatic N) is 2. The summed E-state index contributed by atoms with van der Waals surface area (Å²) in [6.45, 7) is 1.40. The molecule has 6 nitrogen and oxygen atoms in total. The molecule has 0 fully saturated rings. The summed E-state index contributed by atoms with van der Waals surface area (Å²) in [5, 5.41) is 6.88. The van der Waals surface area contributed by atoms with Crippen molar-refractivity contribution < 1.29 is 4.79 Å². The van der Waals surface area contributed by atoms with Crippen molar-refractivity contribution >= 4 is 11.6 Å². The fourth-order valence-electron chi connectivity index (χ4n) is 1.51. The number of aryl methyl sites for hydroxylation is 1. The number of aromatic amines is 1. The Labute approximate surface area is 98.8 Å². The number of nitrogen functional groups attached to an aromatic ring is 1. The summed E-state index contributed by atoms with van der Waals surface area (Å²) in [7, 11) is 0. The van der Waals surface area contributed by atoms with Crippen LogP contribution in [-0.2, 0) is 6.54 Å². The highest BCUT2D eigenvalue weighted by Gasteiger charge is 2.06.